The fraction of sp³-hybridized carbons (Fsp3) is 0.682. The van der Waals surface area contributed by atoms with Crippen LogP contribution in [-0.4, -0.2) is 17.2 Å². The highest BCUT2D eigenvalue weighted by Crippen LogP contribution is 2.61. The van der Waals surface area contributed by atoms with Gasteiger partial charge in [-0.1, -0.05) is 19.9 Å². The first-order valence-electron chi connectivity index (χ1n) is 10.0. The molecule has 5 atom stereocenters. The highest BCUT2D eigenvalue weighted by atomic mass is 16.5. The first-order valence-corrected chi connectivity index (χ1v) is 10.0. The summed E-state index contributed by atoms with van der Waals surface area (Å²) in [6.07, 6.45) is 8.33. The van der Waals surface area contributed by atoms with E-state index in [-0.39, 0.29) is 17.5 Å². The average Bonchev–Trinajstić information content (AvgIpc) is 2.91. The van der Waals surface area contributed by atoms with Gasteiger partial charge >= 0.3 is 5.97 Å². The molecule has 0 amide bonds. The zero-order valence-corrected chi connectivity index (χ0v) is 15.5. The fourth-order valence-electron chi connectivity index (χ4n) is 6.14. The summed E-state index contributed by atoms with van der Waals surface area (Å²) in [6.45, 7) is 4.40. The van der Waals surface area contributed by atoms with Crippen molar-refractivity contribution in [2.45, 2.75) is 77.2 Å². The topological polar surface area (TPSA) is 46.5 Å². The van der Waals surface area contributed by atoms with Crippen molar-refractivity contribution in [2.75, 3.05) is 0 Å². The Balaban J connectivity index is 1.56. The Hall–Kier alpha value is -1.51. The van der Waals surface area contributed by atoms with Gasteiger partial charge in [0, 0.05) is 11.8 Å². The molecule has 3 aliphatic rings. The Morgan fingerprint density at radius 3 is 2.92 bits per heavy atom. The van der Waals surface area contributed by atoms with Gasteiger partial charge < -0.3 is 9.84 Å². The molecule has 0 bridgehead atoms. The van der Waals surface area contributed by atoms with E-state index in [9.17, 15) is 9.90 Å². The molecule has 4 rings (SSSR count). The highest BCUT2D eigenvalue weighted by Gasteiger charge is 2.56. The molecule has 4 unspecified atom stereocenters. The molecule has 0 aliphatic heterocycles. The second-order valence-corrected chi connectivity index (χ2v) is 8.65. The molecular formula is C22H30O3. The van der Waals surface area contributed by atoms with Crippen LogP contribution >= 0.6 is 0 Å². The van der Waals surface area contributed by atoms with Gasteiger partial charge in [-0.3, -0.25) is 4.79 Å². The number of ether oxygens (including phenoxy) is 1. The minimum absolute atomic E-state index is 0.0130. The van der Waals surface area contributed by atoms with E-state index in [0.717, 1.165) is 25.7 Å². The molecule has 0 radical (unpaired) electrons. The molecule has 1 aromatic carbocycles. The lowest BCUT2D eigenvalue weighted by atomic mass is 9.55. The van der Waals surface area contributed by atoms with Crippen LogP contribution in [0.4, 0.5) is 0 Å². The molecule has 25 heavy (non-hydrogen) atoms. The van der Waals surface area contributed by atoms with Crippen molar-refractivity contribution >= 4 is 5.97 Å². The molecule has 2 fully saturated rings. The maximum Gasteiger partial charge on any atom is 0.306 e. The van der Waals surface area contributed by atoms with Crippen LogP contribution in [0.3, 0.4) is 0 Å². The Bertz CT molecular complexity index is 667. The number of hydrogen-bond donors (Lipinski definition) is 1. The predicted octanol–water partition coefficient (Wildman–Crippen LogP) is 4.96. The number of hydrogen-bond acceptors (Lipinski definition) is 3. The van der Waals surface area contributed by atoms with Crippen molar-refractivity contribution < 1.29 is 14.6 Å². The van der Waals surface area contributed by atoms with E-state index in [1.807, 2.05) is 19.1 Å². The number of aryl methyl sites for hydroxylation is 1. The van der Waals surface area contributed by atoms with Gasteiger partial charge in [-0.05, 0) is 86.0 Å². The highest BCUT2D eigenvalue weighted by molar-refractivity contribution is 5.69. The van der Waals surface area contributed by atoms with Crippen LogP contribution in [0.15, 0.2) is 18.2 Å². The van der Waals surface area contributed by atoms with Crippen LogP contribution in [0.5, 0.6) is 5.75 Å². The molecule has 3 aliphatic carbocycles. The van der Waals surface area contributed by atoms with Crippen molar-refractivity contribution in [2.24, 2.45) is 17.3 Å². The number of rotatable bonds is 3. The van der Waals surface area contributed by atoms with Gasteiger partial charge in [0.15, 0.2) is 0 Å². The van der Waals surface area contributed by atoms with Gasteiger partial charge in [-0.2, -0.15) is 0 Å². The molecule has 136 valence electrons. The molecule has 0 aromatic heterocycles. The molecule has 1 N–H and O–H groups in total. The largest absolute Gasteiger partial charge is 0.508 e. The Morgan fingerprint density at radius 2 is 2.12 bits per heavy atom. The monoisotopic (exact) mass is 342 g/mol. The smallest absolute Gasteiger partial charge is 0.306 e. The van der Waals surface area contributed by atoms with E-state index in [1.165, 1.54) is 30.4 Å². The van der Waals surface area contributed by atoms with Gasteiger partial charge in [-0.15, -0.1) is 0 Å². The van der Waals surface area contributed by atoms with Gasteiger partial charge in [0.25, 0.3) is 0 Å². The van der Waals surface area contributed by atoms with E-state index in [1.54, 1.807) is 0 Å². The lowest BCUT2D eigenvalue weighted by Crippen LogP contribution is -2.45. The SMILES string of the molecule is CCCC(=O)OC1CCC2C3CCc4cc(O)ccc4C3CC[C@]12C. The fourth-order valence-corrected chi connectivity index (χ4v) is 6.14. The molecule has 2 saturated carbocycles. The zero-order chi connectivity index (χ0) is 17.6. The number of esters is 1. The van der Waals surface area contributed by atoms with Gasteiger partial charge in [-0.25, -0.2) is 0 Å². The number of phenolic OH excluding ortho intramolecular Hbond substituents is 1. The maximum atomic E-state index is 12.0. The third-order valence-electron chi connectivity index (χ3n) is 7.35. The van der Waals surface area contributed by atoms with Crippen LogP contribution in [0.1, 0.15) is 75.8 Å². The third-order valence-corrected chi connectivity index (χ3v) is 7.35. The van der Waals surface area contributed by atoms with Gasteiger partial charge in [0.05, 0.1) is 0 Å². The van der Waals surface area contributed by atoms with Gasteiger partial charge in [0.1, 0.15) is 11.9 Å². The van der Waals surface area contributed by atoms with E-state index in [0.29, 0.717) is 29.9 Å². The minimum atomic E-state index is -0.0130. The van der Waals surface area contributed by atoms with Crippen LogP contribution in [0.25, 0.3) is 0 Å². The van der Waals surface area contributed by atoms with Crippen LogP contribution < -0.4 is 0 Å². The Morgan fingerprint density at radius 1 is 1.28 bits per heavy atom. The molecule has 0 spiro atoms. The number of carbonyl (C=O) groups excluding carboxylic acids is 1. The molecule has 0 saturated heterocycles. The van der Waals surface area contributed by atoms with Crippen molar-refractivity contribution in [1.29, 1.82) is 0 Å². The molecule has 3 nitrogen and oxygen atoms in total. The maximum absolute atomic E-state index is 12.0. The van der Waals surface area contributed by atoms with E-state index in [4.69, 9.17) is 4.74 Å². The number of benzene rings is 1. The quantitative estimate of drug-likeness (QED) is 0.790. The lowest BCUT2D eigenvalue weighted by Gasteiger charge is -2.50. The van der Waals surface area contributed by atoms with Gasteiger partial charge in [0.2, 0.25) is 0 Å². The van der Waals surface area contributed by atoms with E-state index < -0.39 is 0 Å². The summed E-state index contributed by atoms with van der Waals surface area (Å²) in [4.78, 5) is 12.0. The summed E-state index contributed by atoms with van der Waals surface area (Å²) in [5.74, 6) is 2.35. The average molecular weight is 342 g/mol. The van der Waals surface area contributed by atoms with Crippen molar-refractivity contribution in [3.63, 3.8) is 0 Å². The number of carbonyl (C=O) groups is 1. The first-order chi connectivity index (χ1) is 12.0. The van der Waals surface area contributed by atoms with Crippen molar-refractivity contribution in [3.8, 4) is 5.75 Å². The molecule has 0 heterocycles. The minimum Gasteiger partial charge on any atom is -0.508 e. The van der Waals surface area contributed by atoms with Crippen LogP contribution in [0, 0.1) is 17.3 Å². The summed E-state index contributed by atoms with van der Waals surface area (Å²) in [5, 5.41) is 9.79. The van der Waals surface area contributed by atoms with E-state index in [2.05, 4.69) is 13.0 Å². The molecular weight excluding hydrogens is 312 g/mol. The number of phenols is 1. The molecule has 1 aromatic rings. The number of fused-ring (bicyclic) bond motifs is 5. The van der Waals surface area contributed by atoms with Crippen molar-refractivity contribution in [3.05, 3.63) is 29.3 Å². The second kappa shape index (κ2) is 6.34. The summed E-state index contributed by atoms with van der Waals surface area (Å²) in [5.41, 5.74) is 2.95. The summed E-state index contributed by atoms with van der Waals surface area (Å²) < 4.78 is 5.92. The zero-order valence-electron chi connectivity index (χ0n) is 15.5. The summed E-state index contributed by atoms with van der Waals surface area (Å²) in [6, 6.07) is 5.96. The second-order valence-electron chi connectivity index (χ2n) is 8.65. The summed E-state index contributed by atoms with van der Waals surface area (Å²) >= 11 is 0. The molecule has 3 heteroatoms. The normalized spacial score (nSPS) is 36.2. The van der Waals surface area contributed by atoms with Crippen LogP contribution in [-0.2, 0) is 16.0 Å². The predicted molar refractivity (Wildman–Crippen MR) is 97.5 cm³/mol. The third kappa shape index (κ3) is 2.76. The number of aromatic hydroxyl groups is 1. The van der Waals surface area contributed by atoms with E-state index >= 15 is 0 Å². The lowest BCUT2D eigenvalue weighted by molar-refractivity contribution is -0.157. The standard InChI is InChI=1S/C22H30O3/c1-3-4-21(24)25-20-10-9-19-18-7-5-14-13-15(23)6-8-16(14)17(18)11-12-22(19,20)2/h6,8,13,17-20,23H,3-5,7,9-12H2,1-2H3/t17?,18?,19?,20?,22-/m0/s1. The van der Waals surface area contributed by atoms with Crippen molar-refractivity contribution in [1.82, 2.24) is 0 Å². The Kier molecular flexibility index (Phi) is 4.29. The summed E-state index contributed by atoms with van der Waals surface area (Å²) in [7, 11) is 0. The van der Waals surface area contributed by atoms with Crippen LogP contribution in [0.2, 0.25) is 0 Å². The Labute approximate surface area is 150 Å². The first kappa shape index (κ1) is 16.9.